The van der Waals surface area contributed by atoms with Gasteiger partial charge in [0.15, 0.2) is 0 Å². The molecule has 6 heteroatoms. The van der Waals surface area contributed by atoms with Gasteiger partial charge in [-0.05, 0) is 55.7 Å². The Balaban J connectivity index is 1.18. The van der Waals surface area contributed by atoms with Gasteiger partial charge in [-0.2, -0.15) is 0 Å². The average Bonchev–Trinajstić information content (AvgIpc) is 3.01. The van der Waals surface area contributed by atoms with Crippen molar-refractivity contribution < 1.29 is 14.0 Å². The van der Waals surface area contributed by atoms with Crippen LogP contribution in [0.2, 0.25) is 5.02 Å². The third-order valence-corrected chi connectivity index (χ3v) is 6.81. The average molecular weight is 461 g/mol. The molecule has 1 aliphatic heterocycles. The van der Waals surface area contributed by atoms with E-state index in [-0.39, 0.29) is 11.8 Å². The molecule has 1 aliphatic rings. The highest BCUT2D eigenvalue weighted by Crippen LogP contribution is 2.29. The number of alkyl halides is 1. The van der Waals surface area contributed by atoms with Crippen LogP contribution in [0.4, 0.5) is 4.39 Å². The van der Waals surface area contributed by atoms with Crippen LogP contribution in [0, 0.1) is 0 Å². The maximum Gasteiger partial charge on any atom is 0.261 e. The molecule has 0 fully saturated rings. The molecule has 31 heavy (non-hydrogen) atoms. The van der Waals surface area contributed by atoms with E-state index in [2.05, 4.69) is 0 Å². The molecule has 1 heterocycles. The highest BCUT2D eigenvalue weighted by Gasteiger charge is 2.34. The fourth-order valence-electron chi connectivity index (χ4n) is 3.80. The van der Waals surface area contributed by atoms with Crippen LogP contribution in [0.5, 0.6) is 0 Å². The van der Waals surface area contributed by atoms with E-state index in [1.54, 1.807) is 36.4 Å². The Kier molecular flexibility index (Phi) is 9.41. The molecule has 0 saturated heterocycles. The molecule has 0 aromatic heterocycles. The van der Waals surface area contributed by atoms with Gasteiger partial charge in [0.05, 0.1) is 11.1 Å². The number of imide groups is 1. The second-order valence-corrected chi connectivity index (χ2v) is 9.56. The number of benzene rings is 2. The van der Waals surface area contributed by atoms with Gasteiger partial charge in [0, 0.05) is 16.5 Å². The number of halogens is 2. The summed E-state index contributed by atoms with van der Waals surface area (Å²) < 4.78 is 14.1. The number of hydrogen-bond donors (Lipinski definition) is 0. The van der Waals surface area contributed by atoms with Crippen molar-refractivity contribution in [2.75, 3.05) is 6.54 Å². The monoisotopic (exact) mass is 460 g/mol. The zero-order valence-electron chi connectivity index (χ0n) is 17.7. The zero-order valence-corrected chi connectivity index (χ0v) is 19.3. The van der Waals surface area contributed by atoms with Crippen LogP contribution >= 0.6 is 23.4 Å². The van der Waals surface area contributed by atoms with Crippen LogP contribution in [0.3, 0.4) is 0 Å². The minimum Gasteiger partial charge on any atom is -0.274 e. The lowest BCUT2D eigenvalue weighted by Gasteiger charge is -2.13. The van der Waals surface area contributed by atoms with Gasteiger partial charge in [0.2, 0.25) is 0 Å². The molecule has 3 rings (SSSR count). The van der Waals surface area contributed by atoms with E-state index in [1.165, 1.54) is 16.7 Å². The molecular weight excluding hydrogens is 432 g/mol. The maximum atomic E-state index is 14.1. The van der Waals surface area contributed by atoms with E-state index in [1.807, 2.05) is 12.1 Å². The largest absolute Gasteiger partial charge is 0.274 e. The zero-order chi connectivity index (χ0) is 22.1. The highest BCUT2D eigenvalue weighted by atomic mass is 35.5. The summed E-state index contributed by atoms with van der Waals surface area (Å²) in [5, 5.41) is 0.670. The molecule has 0 radical (unpaired) electrons. The molecule has 2 amide bonds. The molecule has 166 valence electrons. The Morgan fingerprint density at radius 2 is 1.29 bits per heavy atom. The third-order valence-electron chi connectivity index (χ3n) is 5.52. The summed E-state index contributed by atoms with van der Waals surface area (Å²) in [5.41, 5.74) is 0.174. The Morgan fingerprint density at radius 1 is 0.774 bits per heavy atom. The summed E-state index contributed by atoms with van der Waals surface area (Å²) in [6, 6.07) is 14.3. The van der Waals surface area contributed by atoms with Crippen molar-refractivity contribution in [2.24, 2.45) is 0 Å². The lowest BCUT2D eigenvalue weighted by molar-refractivity contribution is 0.0651. The topological polar surface area (TPSA) is 37.4 Å². The fourth-order valence-corrected chi connectivity index (χ4v) is 4.80. The summed E-state index contributed by atoms with van der Waals surface area (Å²) in [6.07, 6.45) is 8.90. The molecular formula is C25H29ClFNO2S. The van der Waals surface area contributed by atoms with Gasteiger partial charge in [-0.1, -0.05) is 74.0 Å². The fraction of sp³-hybridized carbons (Fsp3) is 0.440. The van der Waals surface area contributed by atoms with Crippen LogP contribution in [0.1, 0.15) is 78.5 Å². The van der Waals surface area contributed by atoms with Crippen molar-refractivity contribution in [2.45, 2.75) is 68.2 Å². The number of fused-ring (bicyclic) bond motifs is 1. The number of rotatable bonds is 13. The van der Waals surface area contributed by atoms with Gasteiger partial charge in [-0.25, -0.2) is 4.39 Å². The smallest absolute Gasteiger partial charge is 0.261 e. The Hall–Kier alpha value is -1.85. The lowest BCUT2D eigenvalue weighted by Crippen LogP contribution is -2.30. The van der Waals surface area contributed by atoms with Gasteiger partial charge < -0.3 is 0 Å². The number of thioether (sulfide) groups is 1. The standard InChI is InChI=1S/C25H29ClFNO2S/c26-19-14-16-20(17-15-19)31-23(27)13-7-5-3-1-2-4-6-10-18-28-24(29)21-11-8-9-12-22(21)25(28)30/h8-9,11-12,14-17,23H,1-7,10,13,18H2/i27-1. The van der Waals surface area contributed by atoms with Gasteiger partial charge in [0.25, 0.3) is 11.8 Å². The highest BCUT2D eigenvalue weighted by molar-refractivity contribution is 7.99. The van der Waals surface area contributed by atoms with Crippen LogP contribution in [-0.4, -0.2) is 28.8 Å². The van der Waals surface area contributed by atoms with Crippen molar-refractivity contribution in [1.82, 2.24) is 4.90 Å². The predicted octanol–water partition coefficient (Wildman–Crippen LogP) is 7.53. The first kappa shape index (κ1) is 23.8. The van der Waals surface area contributed by atoms with Crippen molar-refractivity contribution in [3.8, 4) is 0 Å². The van der Waals surface area contributed by atoms with Crippen molar-refractivity contribution >= 4 is 35.2 Å². The van der Waals surface area contributed by atoms with Gasteiger partial charge in [0.1, 0.15) is 5.50 Å². The van der Waals surface area contributed by atoms with E-state index in [0.717, 1.165) is 56.3 Å². The van der Waals surface area contributed by atoms with Crippen LogP contribution in [-0.2, 0) is 0 Å². The van der Waals surface area contributed by atoms with Gasteiger partial charge >= 0.3 is 0 Å². The van der Waals surface area contributed by atoms with E-state index >= 15 is 0 Å². The van der Waals surface area contributed by atoms with E-state index in [4.69, 9.17) is 11.6 Å². The summed E-state index contributed by atoms with van der Waals surface area (Å²) in [7, 11) is 0. The number of unbranched alkanes of at least 4 members (excludes halogenated alkanes) is 7. The first-order chi connectivity index (χ1) is 15.1. The minimum absolute atomic E-state index is 0.166. The molecule has 2 aromatic carbocycles. The van der Waals surface area contributed by atoms with Crippen LogP contribution in [0.25, 0.3) is 0 Å². The number of carbonyl (C=O) groups is 2. The third kappa shape index (κ3) is 7.08. The van der Waals surface area contributed by atoms with E-state index in [0.29, 0.717) is 29.1 Å². The SMILES string of the molecule is O=C1c2ccccc2C(=O)N1CCCCCCCCCCC([18F])Sc1ccc(Cl)cc1. The van der Waals surface area contributed by atoms with Crippen molar-refractivity contribution in [3.05, 3.63) is 64.7 Å². The van der Waals surface area contributed by atoms with Crippen LogP contribution in [0.15, 0.2) is 53.4 Å². The molecule has 0 saturated carbocycles. The summed E-state index contributed by atoms with van der Waals surface area (Å²) >= 11 is 7.11. The Morgan fingerprint density at radius 3 is 1.87 bits per heavy atom. The molecule has 3 nitrogen and oxygen atoms in total. The molecule has 2 aromatic rings. The summed E-state index contributed by atoms with van der Waals surface area (Å²) in [5.74, 6) is -0.331. The first-order valence-corrected chi connectivity index (χ1v) is 12.3. The Labute approximate surface area is 193 Å². The first-order valence-electron chi connectivity index (χ1n) is 11.1. The molecule has 0 spiro atoms. The number of amides is 2. The van der Waals surface area contributed by atoms with Gasteiger partial charge in [-0.15, -0.1) is 0 Å². The molecule has 1 atom stereocenters. The summed E-state index contributed by atoms with van der Waals surface area (Å²) in [6.45, 7) is 0.496. The molecule has 0 aliphatic carbocycles. The second kappa shape index (κ2) is 12.3. The normalized spacial score (nSPS) is 14.2. The van der Waals surface area contributed by atoms with E-state index in [9.17, 15) is 14.0 Å². The molecule has 0 bridgehead atoms. The van der Waals surface area contributed by atoms with Crippen molar-refractivity contribution in [3.63, 3.8) is 0 Å². The van der Waals surface area contributed by atoms with Crippen molar-refractivity contribution in [1.29, 1.82) is 0 Å². The second-order valence-electron chi connectivity index (χ2n) is 7.91. The minimum atomic E-state index is -0.872. The van der Waals surface area contributed by atoms with Gasteiger partial charge in [-0.3, -0.25) is 14.5 Å². The quantitative estimate of drug-likeness (QED) is 0.176. The number of hydrogen-bond acceptors (Lipinski definition) is 3. The molecule has 1 unspecified atom stereocenters. The maximum absolute atomic E-state index is 14.1. The lowest BCUT2D eigenvalue weighted by atomic mass is 10.1. The van der Waals surface area contributed by atoms with Crippen LogP contribution < -0.4 is 0 Å². The number of nitrogens with zero attached hydrogens (tertiary/aromatic N) is 1. The number of carbonyl (C=O) groups excluding carboxylic acids is 2. The summed E-state index contributed by atoms with van der Waals surface area (Å²) in [4.78, 5) is 26.9. The predicted molar refractivity (Wildman–Crippen MR) is 126 cm³/mol. The van der Waals surface area contributed by atoms with E-state index < -0.39 is 5.50 Å². The Bertz CT molecular complexity index is 839. The molecule has 0 N–H and O–H groups in total.